The molecule has 1 N–H and O–H groups in total. The van der Waals surface area contributed by atoms with E-state index in [0.29, 0.717) is 10.8 Å². The zero-order valence-electron chi connectivity index (χ0n) is 10.1. The summed E-state index contributed by atoms with van der Waals surface area (Å²) >= 11 is 6.21. The molecule has 1 aliphatic carbocycles. The molecule has 0 radical (unpaired) electrons. The Morgan fingerprint density at radius 2 is 2.00 bits per heavy atom. The summed E-state index contributed by atoms with van der Waals surface area (Å²) in [6.07, 6.45) is 4.11. The molecule has 1 aromatic rings. The molecular formula is C14H17ClO3. The van der Waals surface area contributed by atoms with Gasteiger partial charge < -0.3 is 14.6 Å². The van der Waals surface area contributed by atoms with Crippen molar-refractivity contribution in [2.45, 2.75) is 44.0 Å². The van der Waals surface area contributed by atoms with Gasteiger partial charge in [-0.15, -0.1) is 0 Å². The van der Waals surface area contributed by atoms with Crippen molar-refractivity contribution in [1.82, 2.24) is 0 Å². The van der Waals surface area contributed by atoms with E-state index in [-0.39, 0.29) is 24.9 Å². The van der Waals surface area contributed by atoms with Crippen LogP contribution in [0.25, 0.3) is 0 Å². The van der Waals surface area contributed by atoms with Crippen molar-refractivity contribution < 1.29 is 14.6 Å². The van der Waals surface area contributed by atoms with Crippen molar-refractivity contribution in [2.75, 3.05) is 6.61 Å². The van der Waals surface area contributed by atoms with E-state index in [2.05, 4.69) is 0 Å². The minimum atomic E-state index is -0.327. The number of hydrogen-bond acceptors (Lipinski definition) is 3. The molecule has 2 unspecified atom stereocenters. The minimum absolute atomic E-state index is 0.0417. The van der Waals surface area contributed by atoms with Crippen LogP contribution in [-0.4, -0.2) is 23.9 Å². The lowest BCUT2D eigenvalue weighted by Gasteiger charge is -2.30. The summed E-state index contributed by atoms with van der Waals surface area (Å²) in [7, 11) is 0. The van der Waals surface area contributed by atoms with Gasteiger partial charge in [-0.3, -0.25) is 0 Å². The minimum Gasteiger partial charge on any atom is -0.486 e. The molecule has 0 saturated heterocycles. The van der Waals surface area contributed by atoms with Crippen LogP contribution in [-0.2, 0) is 4.74 Å². The number of benzene rings is 1. The van der Waals surface area contributed by atoms with Gasteiger partial charge in [-0.05, 0) is 25.3 Å². The van der Waals surface area contributed by atoms with Gasteiger partial charge in [0.25, 0.3) is 0 Å². The van der Waals surface area contributed by atoms with Crippen LogP contribution in [0.3, 0.4) is 0 Å². The van der Waals surface area contributed by atoms with Gasteiger partial charge in [0.1, 0.15) is 18.0 Å². The molecule has 1 saturated carbocycles. The summed E-state index contributed by atoms with van der Waals surface area (Å²) in [5.74, 6) is 0.688. The molecule has 1 heterocycles. The molecule has 4 heteroatoms. The SMILES string of the molecule is OC[C@H]1OC2CCCCC2Oc2c(Cl)cccc21. The van der Waals surface area contributed by atoms with Crippen LogP contribution in [0, 0.1) is 0 Å². The fourth-order valence-electron chi connectivity index (χ4n) is 2.83. The standard InChI is InChI=1S/C14H17ClO3/c15-10-5-3-4-9-13(8-16)17-11-6-1-2-7-12(11)18-14(9)10/h3-5,11-13,16H,1-2,6-8H2/t11?,12?,13-/m1/s1. The van der Waals surface area contributed by atoms with E-state index in [1.807, 2.05) is 18.2 Å². The first-order valence-corrected chi connectivity index (χ1v) is 6.89. The summed E-state index contributed by atoms with van der Waals surface area (Å²) < 4.78 is 12.1. The molecule has 3 rings (SSSR count). The second-order valence-corrected chi connectivity index (χ2v) is 5.35. The summed E-state index contributed by atoms with van der Waals surface area (Å²) in [6.45, 7) is -0.0417. The first-order valence-electron chi connectivity index (χ1n) is 6.51. The molecule has 0 spiro atoms. The molecule has 98 valence electrons. The molecule has 1 aliphatic heterocycles. The van der Waals surface area contributed by atoms with Gasteiger partial charge in [0.05, 0.1) is 17.7 Å². The zero-order valence-corrected chi connectivity index (χ0v) is 10.9. The van der Waals surface area contributed by atoms with E-state index in [1.54, 1.807) is 0 Å². The van der Waals surface area contributed by atoms with Gasteiger partial charge in [0, 0.05) is 5.56 Å². The van der Waals surface area contributed by atoms with Gasteiger partial charge in [-0.25, -0.2) is 0 Å². The molecule has 1 fully saturated rings. The molecule has 18 heavy (non-hydrogen) atoms. The van der Waals surface area contributed by atoms with Crippen molar-refractivity contribution >= 4 is 11.6 Å². The average molecular weight is 269 g/mol. The average Bonchev–Trinajstić information content (AvgIpc) is 2.56. The van der Waals surface area contributed by atoms with Crippen LogP contribution in [0.1, 0.15) is 37.4 Å². The van der Waals surface area contributed by atoms with E-state index in [0.717, 1.165) is 31.2 Å². The maximum Gasteiger partial charge on any atom is 0.144 e. The van der Waals surface area contributed by atoms with E-state index in [1.165, 1.54) is 0 Å². The number of aliphatic hydroxyl groups excluding tert-OH is 1. The highest BCUT2D eigenvalue weighted by Gasteiger charge is 2.35. The molecule has 0 aromatic heterocycles. The predicted molar refractivity (Wildman–Crippen MR) is 69.0 cm³/mol. The highest BCUT2D eigenvalue weighted by molar-refractivity contribution is 6.32. The Kier molecular flexibility index (Phi) is 3.46. The van der Waals surface area contributed by atoms with Gasteiger partial charge >= 0.3 is 0 Å². The molecule has 3 atom stereocenters. The van der Waals surface area contributed by atoms with Crippen molar-refractivity contribution in [2.24, 2.45) is 0 Å². The number of hydrogen-bond donors (Lipinski definition) is 1. The number of rotatable bonds is 1. The second kappa shape index (κ2) is 5.08. The number of aliphatic hydroxyl groups is 1. The van der Waals surface area contributed by atoms with Gasteiger partial charge in [-0.1, -0.05) is 30.2 Å². The van der Waals surface area contributed by atoms with Crippen molar-refractivity contribution in [3.05, 3.63) is 28.8 Å². The third-order valence-corrected chi connectivity index (χ3v) is 4.06. The van der Waals surface area contributed by atoms with Gasteiger partial charge in [0.15, 0.2) is 0 Å². The van der Waals surface area contributed by atoms with Gasteiger partial charge in [-0.2, -0.15) is 0 Å². The Bertz CT molecular complexity index is 435. The third-order valence-electron chi connectivity index (χ3n) is 3.76. The van der Waals surface area contributed by atoms with Crippen LogP contribution in [0.15, 0.2) is 18.2 Å². The predicted octanol–water partition coefficient (Wildman–Crippen LogP) is 3.09. The summed E-state index contributed by atoms with van der Waals surface area (Å²) in [5, 5.41) is 10.1. The third kappa shape index (κ3) is 2.11. The molecule has 0 amide bonds. The smallest absolute Gasteiger partial charge is 0.144 e. The summed E-state index contributed by atoms with van der Waals surface area (Å²) in [6, 6.07) is 5.60. The number of halogens is 1. The fourth-order valence-corrected chi connectivity index (χ4v) is 3.06. The second-order valence-electron chi connectivity index (χ2n) is 4.94. The molecule has 1 aromatic carbocycles. The first-order chi connectivity index (χ1) is 8.79. The largest absolute Gasteiger partial charge is 0.486 e. The zero-order chi connectivity index (χ0) is 12.5. The lowest BCUT2D eigenvalue weighted by atomic mass is 9.94. The quantitative estimate of drug-likeness (QED) is 0.851. The topological polar surface area (TPSA) is 38.7 Å². The highest BCUT2D eigenvalue weighted by Crippen LogP contribution is 2.41. The lowest BCUT2D eigenvalue weighted by Crippen LogP contribution is -2.36. The van der Waals surface area contributed by atoms with Crippen molar-refractivity contribution in [3.8, 4) is 5.75 Å². The maximum absolute atomic E-state index is 9.52. The molecular weight excluding hydrogens is 252 g/mol. The highest BCUT2D eigenvalue weighted by atomic mass is 35.5. The normalized spacial score (nSPS) is 30.9. The van der Waals surface area contributed by atoms with E-state index < -0.39 is 0 Å². The van der Waals surface area contributed by atoms with Crippen molar-refractivity contribution in [1.29, 1.82) is 0 Å². The van der Waals surface area contributed by atoms with E-state index in [9.17, 15) is 5.11 Å². The Balaban J connectivity index is 2.00. The fraction of sp³-hybridized carbons (Fsp3) is 0.571. The monoisotopic (exact) mass is 268 g/mol. The summed E-state index contributed by atoms with van der Waals surface area (Å²) in [5.41, 5.74) is 0.861. The Hall–Kier alpha value is -0.770. The van der Waals surface area contributed by atoms with Crippen LogP contribution < -0.4 is 4.74 Å². The number of para-hydroxylation sites is 1. The van der Waals surface area contributed by atoms with Gasteiger partial charge in [0.2, 0.25) is 0 Å². The Morgan fingerprint density at radius 1 is 1.22 bits per heavy atom. The molecule has 0 bridgehead atoms. The summed E-state index contributed by atoms with van der Waals surface area (Å²) in [4.78, 5) is 0. The Morgan fingerprint density at radius 3 is 2.78 bits per heavy atom. The number of fused-ring (bicyclic) bond motifs is 2. The van der Waals surface area contributed by atoms with Crippen LogP contribution in [0.5, 0.6) is 5.75 Å². The number of ether oxygens (including phenoxy) is 2. The lowest BCUT2D eigenvalue weighted by molar-refractivity contribution is -0.0874. The molecule has 3 nitrogen and oxygen atoms in total. The van der Waals surface area contributed by atoms with Crippen LogP contribution in [0.2, 0.25) is 5.02 Å². The maximum atomic E-state index is 9.52. The van der Waals surface area contributed by atoms with Crippen LogP contribution in [0.4, 0.5) is 0 Å². The molecule has 2 aliphatic rings. The van der Waals surface area contributed by atoms with Crippen molar-refractivity contribution in [3.63, 3.8) is 0 Å². The Labute approximate surface area is 112 Å². The first kappa shape index (κ1) is 12.3. The van der Waals surface area contributed by atoms with Crippen LogP contribution >= 0.6 is 11.6 Å². The van der Waals surface area contributed by atoms with E-state index in [4.69, 9.17) is 21.1 Å². The van der Waals surface area contributed by atoms with E-state index >= 15 is 0 Å².